The van der Waals surface area contributed by atoms with Gasteiger partial charge in [0.05, 0.1) is 6.10 Å². The van der Waals surface area contributed by atoms with E-state index in [0.29, 0.717) is 19.3 Å². The van der Waals surface area contributed by atoms with Gasteiger partial charge in [-0.15, -0.1) is 0 Å². The molecule has 0 aromatic rings. The third kappa shape index (κ3) is 8.29. The van der Waals surface area contributed by atoms with Crippen LogP contribution in [0.25, 0.3) is 0 Å². The van der Waals surface area contributed by atoms with Crippen LogP contribution in [0.1, 0.15) is 81.6 Å². The highest BCUT2D eigenvalue weighted by Gasteiger charge is 2.64. The molecule has 1 aliphatic heterocycles. The molecule has 13 heteroatoms. The molecule has 1 aliphatic carbocycles. The van der Waals surface area contributed by atoms with Crippen molar-refractivity contribution >= 4 is 29.8 Å². The molecule has 0 unspecified atom stereocenters. The van der Waals surface area contributed by atoms with E-state index in [1.54, 1.807) is 19.9 Å². The number of ether oxygens (including phenoxy) is 7. The maximum Gasteiger partial charge on any atom is 0.303 e. The zero-order chi connectivity index (χ0) is 32.0. The maximum absolute atomic E-state index is 12.5. The van der Waals surface area contributed by atoms with Crippen LogP contribution in [0.15, 0.2) is 12.2 Å². The second-order valence-electron chi connectivity index (χ2n) is 11.6. The fourth-order valence-electron chi connectivity index (χ4n) is 5.82. The van der Waals surface area contributed by atoms with E-state index < -0.39 is 89.9 Å². The number of carbonyl (C=O) groups is 5. The van der Waals surface area contributed by atoms with Gasteiger partial charge in [-0.05, 0) is 39.2 Å². The minimum atomic E-state index is -1.49. The molecule has 13 nitrogen and oxygen atoms in total. The largest absolute Gasteiger partial charge is 0.463 e. The molecular formula is C29H44O13. The first-order chi connectivity index (χ1) is 19.3. The zero-order valence-corrected chi connectivity index (χ0v) is 25.8. The molecule has 1 heterocycles. The predicted octanol–water partition coefficient (Wildman–Crippen LogP) is 2.29. The molecule has 42 heavy (non-hydrogen) atoms. The number of rotatable bonds is 10. The number of aliphatic hydroxyl groups is 1. The van der Waals surface area contributed by atoms with E-state index in [9.17, 15) is 29.1 Å². The van der Waals surface area contributed by atoms with Crippen molar-refractivity contribution in [3.8, 4) is 0 Å². The minimum Gasteiger partial charge on any atom is -0.463 e. The van der Waals surface area contributed by atoms with E-state index in [4.69, 9.17) is 33.2 Å². The molecule has 2 aliphatic rings. The topological polar surface area (TPSA) is 170 Å². The van der Waals surface area contributed by atoms with Crippen LogP contribution < -0.4 is 0 Å². The monoisotopic (exact) mass is 600 g/mol. The standard InChI is InChI=1S/C29H44O13/c1-16(30)11-14-29(41-21(6)35)27(7,8)12-10-13-28(29,9)42-26-25(39-20(5)34)24(38-19(4)33)23(37-18(3)32)22(40-26)15-36-17(2)31/h11,14,16,22-26,30H,10,12-13,15H2,1-9H3/b14-11+/t16-,22+,23+,24-,25+,26-,28+,29+/m0/s1. The quantitative estimate of drug-likeness (QED) is 0.220. The van der Waals surface area contributed by atoms with E-state index in [1.165, 1.54) is 19.9 Å². The van der Waals surface area contributed by atoms with Gasteiger partial charge in [0, 0.05) is 40.0 Å². The second-order valence-corrected chi connectivity index (χ2v) is 11.6. The molecule has 0 aromatic heterocycles. The molecule has 0 bridgehead atoms. The average molecular weight is 601 g/mol. The lowest BCUT2D eigenvalue weighted by molar-refractivity contribution is -0.354. The van der Waals surface area contributed by atoms with E-state index in [2.05, 4.69) is 0 Å². The van der Waals surface area contributed by atoms with Crippen LogP contribution in [0.2, 0.25) is 0 Å². The van der Waals surface area contributed by atoms with E-state index >= 15 is 0 Å². The first kappa shape index (κ1) is 35.2. The summed E-state index contributed by atoms with van der Waals surface area (Å²) in [5, 5.41) is 10.1. The van der Waals surface area contributed by atoms with Crippen LogP contribution >= 0.6 is 0 Å². The molecule has 0 aromatic carbocycles. The number of esters is 5. The maximum atomic E-state index is 12.5. The molecule has 0 spiro atoms. The summed E-state index contributed by atoms with van der Waals surface area (Å²) < 4.78 is 40.5. The molecule has 1 saturated carbocycles. The van der Waals surface area contributed by atoms with Crippen molar-refractivity contribution in [1.29, 1.82) is 0 Å². The molecule has 238 valence electrons. The van der Waals surface area contributed by atoms with Gasteiger partial charge in [0.15, 0.2) is 30.2 Å². The zero-order valence-electron chi connectivity index (χ0n) is 25.8. The van der Waals surface area contributed by atoms with Gasteiger partial charge in [-0.25, -0.2) is 0 Å². The van der Waals surface area contributed by atoms with Crippen LogP contribution in [0, 0.1) is 5.41 Å². The SMILES string of the molecule is CC(=O)OC[C@H]1O[C@@H](O[C@]2(C)CCCC(C)(C)[C@@]2(/C=C/[C@H](C)O)OC(C)=O)[C@H](OC(C)=O)[C@@H](OC(C)=O)[C@@H]1OC(C)=O. The second kappa shape index (κ2) is 14.0. The Morgan fingerprint density at radius 1 is 0.833 bits per heavy atom. The molecule has 8 atom stereocenters. The summed E-state index contributed by atoms with van der Waals surface area (Å²) in [6.07, 6.45) is -3.12. The van der Waals surface area contributed by atoms with Gasteiger partial charge in [0.25, 0.3) is 0 Å². The van der Waals surface area contributed by atoms with Crippen LogP contribution in [0.3, 0.4) is 0 Å². The summed E-state index contributed by atoms with van der Waals surface area (Å²) in [7, 11) is 0. The molecule has 2 fully saturated rings. The lowest BCUT2D eigenvalue weighted by atomic mass is 9.58. The highest BCUT2D eigenvalue weighted by molar-refractivity contribution is 5.69. The smallest absolute Gasteiger partial charge is 0.303 e. The van der Waals surface area contributed by atoms with E-state index in [0.717, 1.165) is 20.8 Å². The number of hydrogen-bond acceptors (Lipinski definition) is 13. The third-order valence-electron chi connectivity index (χ3n) is 7.49. The summed E-state index contributed by atoms with van der Waals surface area (Å²) in [5.74, 6) is -3.56. The van der Waals surface area contributed by atoms with E-state index in [1.807, 2.05) is 13.8 Å². The highest BCUT2D eigenvalue weighted by atomic mass is 16.7. The Hall–Kier alpha value is -3.03. The van der Waals surface area contributed by atoms with Crippen molar-refractivity contribution in [3.05, 3.63) is 12.2 Å². The number of aliphatic hydroxyl groups excluding tert-OH is 1. The molecular weight excluding hydrogens is 556 g/mol. The van der Waals surface area contributed by atoms with Crippen LogP contribution in [-0.4, -0.2) is 89.6 Å². The molecule has 0 radical (unpaired) electrons. The van der Waals surface area contributed by atoms with Crippen molar-refractivity contribution < 1.29 is 62.2 Å². The highest BCUT2D eigenvalue weighted by Crippen LogP contribution is 2.55. The van der Waals surface area contributed by atoms with Crippen molar-refractivity contribution in [2.24, 2.45) is 5.41 Å². The molecule has 2 rings (SSSR count). The average Bonchev–Trinajstić information content (AvgIpc) is 2.82. The van der Waals surface area contributed by atoms with Crippen LogP contribution in [0.4, 0.5) is 0 Å². The lowest BCUT2D eigenvalue weighted by Crippen LogP contribution is -2.69. The molecule has 0 amide bonds. The minimum absolute atomic E-state index is 0.334. The lowest BCUT2D eigenvalue weighted by Gasteiger charge is -2.58. The summed E-state index contributed by atoms with van der Waals surface area (Å²) in [4.78, 5) is 60.7. The fourth-order valence-corrected chi connectivity index (χ4v) is 5.82. The molecule has 1 N–H and O–H groups in total. The van der Waals surface area contributed by atoms with Crippen molar-refractivity contribution in [2.45, 2.75) is 130 Å². The van der Waals surface area contributed by atoms with Gasteiger partial charge in [0.2, 0.25) is 0 Å². The van der Waals surface area contributed by atoms with Gasteiger partial charge in [-0.2, -0.15) is 0 Å². The normalized spacial score (nSPS) is 33.2. The van der Waals surface area contributed by atoms with Crippen LogP contribution in [-0.2, 0) is 57.1 Å². The summed E-state index contributed by atoms with van der Waals surface area (Å²) >= 11 is 0. The summed E-state index contributed by atoms with van der Waals surface area (Å²) in [6, 6.07) is 0. The first-order valence-electron chi connectivity index (χ1n) is 13.9. The number of carbonyl (C=O) groups excluding carboxylic acids is 5. The van der Waals surface area contributed by atoms with Gasteiger partial charge >= 0.3 is 29.8 Å². The Bertz CT molecular complexity index is 1050. The summed E-state index contributed by atoms with van der Waals surface area (Å²) in [6.45, 7) is 12.5. The predicted molar refractivity (Wildman–Crippen MR) is 144 cm³/mol. The number of hydrogen-bond donors (Lipinski definition) is 1. The molecule has 1 saturated heterocycles. The Morgan fingerprint density at radius 2 is 1.38 bits per heavy atom. The van der Waals surface area contributed by atoms with Gasteiger partial charge < -0.3 is 38.3 Å². The van der Waals surface area contributed by atoms with Gasteiger partial charge in [-0.1, -0.05) is 19.9 Å². The Labute approximate surface area is 246 Å². The summed E-state index contributed by atoms with van der Waals surface area (Å²) in [5.41, 5.74) is -3.55. The fraction of sp³-hybridized carbons (Fsp3) is 0.759. The third-order valence-corrected chi connectivity index (χ3v) is 7.49. The van der Waals surface area contributed by atoms with Crippen molar-refractivity contribution in [3.63, 3.8) is 0 Å². The first-order valence-corrected chi connectivity index (χ1v) is 13.9. The Kier molecular flexibility index (Phi) is 11.7. The van der Waals surface area contributed by atoms with Gasteiger partial charge in [-0.3, -0.25) is 24.0 Å². The van der Waals surface area contributed by atoms with Gasteiger partial charge in [0.1, 0.15) is 18.3 Å². The van der Waals surface area contributed by atoms with E-state index in [-0.39, 0.29) is 0 Å². The Balaban J connectivity index is 2.74. The van der Waals surface area contributed by atoms with Crippen molar-refractivity contribution in [2.75, 3.05) is 6.61 Å². The van der Waals surface area contributed by atoms with Crippen molar-refractivity contribution in [1.82, 2.24) is 0 Å². The van der Waals surface area contributed by atoms with Crippen LogP contribution in [0.5, 0.6) is 0 Å². The Morgan fingerprint density at radius 3 is 1.88 bits per heavy atom.